The van der Waals surface area contributed by atoms with E-state index in [0.29, 0.717) is 16.9 Å². The SMILES string of the molecule is CNCC(=O)Nc1ccc(C)c(NC(=O)c2cccc(C)c2)c1.Cl. The quantitative estimate of drug-likeness (QED) is 0.778. The second-order valence-corrected chi connectivity index (χ2v) is 5.43. The van der Waals surface area contributed by atoms with Crippen LogP contribution < -0.4 is 16.0 Å². The highest BCUT2D eigenvalue weighted by atomic mass is 35.5. The Balaban J connectivity index is 0.00000288. The summed E-state index contributed by atoms with van der Waals surface area (Å²) in [4.78, 5) is 24.0. The molecule has 2 aromatic carbocycles. The molecule has 0 aliphatic rings. The Kier molecular flexibility index (Phi) is 7.42. The first kappa shape index (κ1) is 19.7. The van der Waals surface area contributed by atoms with Crippen molar-refractivity contribution in [3.8, 4) is 0 Å². The van der Waals surface area contributed by atoms with Gasteiger partial charge < -0.3 is 16.0 Å². The number of nitrogens with one attached hydrogen (secondary N) is 3. The molecule has 2 aromatic rings. The van der Waals surface area contributed by atoms with Gasteiger partial charge in [0.05, 0.1) is 6.54 Å². The van der Waals surface area contributed by atoms with Crippen LogP contribution in [-0.2, 0) is 4.79 Å². The maximum Gasteiger partial charge on any atom is 0.255 e. The van der Waals surface area contributed by atoms with Crippen LogP contribution in [0.25, 0.3) is 0 Å². The Morgan fingerprint density at radius 1 is 1.00 bits per heavy atom. The number of rotatable bonds is 5. The molecule has 2 rings (SSSR count). The number of benzene rings is 2. The van der Waals surface area contributed by atoms with Gasteiger partial charge in [-0.25, -0.2) is 0 Å². The van der Waals surface area contributed by atoms with Crippen molar-refractivity contribution < 1.29 is 9.59 Å². The summed E-state index contributed by atoms with van der Waals surface area (Å²) in [6.07, 6.45) is 0. The van der Waals surface area contributed by atoms with Gasteiger partial charge in [-0.05, 0) is 50.7 Å². The molecule has 0 atom stereocenters. The van der Waals surface area contributed by atoms with Gasteiger partial charge in [0, 0.05) is 16.9 Å². The maximum absolute atomic E-state index is 12.3. The normalized spacial score (nSPS) is 9.79. The topological polar surface area (TPSA) is 70.2 Å². The lowest BCUT2D eigenvalue weighted by atomic mass is 10.1. The first-order chi connectivity index (χ1) is 11.0. The number of carbonyl (C=O) groups excluding carboxylic acids is 2. The molecule has 128 valence electrons. The van der Waals surface area contributed by atoms with E-state index >= 15 is 0 Å². The molecule has 3 N–H and O–H groups in total. The lowest BCUT2D eigenvalue weighted by Gasteiger charge is -2.12. The molecule has 0 aliphatic carbocycles. The summed E-state index contributed by atoms with van der Waals surface area (Å²) in [5, 5.41) is 8.46. The molecule has 2 amide bonds. The second-order valence-electron chi connectivity index (χ2n) is 5.43. The van der Waals surface area contributed by atoms with Gasteiger partial charge in [-0.3, -0.25) is 9.59 Å². The number of anilines is 2. The van der Waals surface area contributed by atoms with E-state index in [1.807, 2.05) is 44.2 Å². The standard InChI is InChI=1S/C18H21N3O2.ClH/c1-12-5-4-6-14(9-12)18(23)21-16-10-15(8-7-13(16)2)20-17(22)11-19-3;/h4-10,19H,11H2,1-3H3,(H,20,22)(H,21,23);1H. The molecule has 6 heteroatoms. The lowest BCUT2D eigenvalue weighted by Crippen LogP contribution is -2.25. The summed E-state index contributed by atoms with van der Waals surface area (Å²) in [6, 6.07) is 12.8. The minimum Gasteiger partial charge on any atom is -0.325 e. The van der Waals surface area contributed by atoms with E-state index in [1.54, 1.807) is 19.2 Å². The highest BCUT2D eigenvalue weighted by molar-refractivity contribution is 6.05. The van der Waals surface area contributed by atoms with Crippen LogP contribution in [0.3, 0.4) is 0 Å². The fourth-order valence-electron chi connectivity index (χ4n) is 2.18. The summed E-state index contributed by atoms with van der Waals surface area (Å²) in [5.74, 6) is -0.303. The summed E-state index contributed by atoms with van der Waals surface area (Å²) < 4.78 is 0. The molecule has 0 saturated heterocycles. The number of amides is 2. The zero-order chi connectivity index (χ0) is 16.8. The molecule has 0 unspecified atom stereocenters. The van der Waals surface area contributed by atoms with Crippen LogP contribution in [-0.4, -0.2) is 25.4 Å². The second kappa shape index (κ2) is 9.05. The Morgan fingerprint density at radius 3 is 2.42 bits per heavy atom. The average Bonchev–Trinajstić information content (AvgIpc) is 2.51. The van der Waals surface area contributed by atoms with Crippen molar-refractivity contribution in [2.45, 2.75) is 13.8 Å². The van der Waals surface area contributed by atoms with E-state index in [4.69, 9.17) is 0 Å². The summed E-state index contributed by atoms with van der Waals surface area (Å²) in [5.41, 5.74) is 3.89. The first-order valence-electron chi connectivity index (χ1n) is 7.42. The number of halogens is 1. The summed E-state index contributed by atoms with van der Waals surface area (Å²) in [6.45, 7) is 4.09. The molecule has 0 spiro atoms. The van der Waals surface area contributed by atoms with Gasteiger partial charge in [0.25, 0.3) is 5.91 Å². The van der Waals surface area contributed by atoms with Crippen LogP contribution in [0.4, 0.5) is 11.4 Å². The average molecular weight is 348 g/mol. The van der Waals surface area contributed by atoms with E-state index in [2.05, 4.69) is 16.0 Å². The molecule has 0 fully saturated rings. The molecule has 0 bridgehead atoms. The van der Waals surface area contributed by atoms with Crippen molar-refractivity contribution in [3.05, 3.63) is 59.2 Å². The van der Waals surface area contributed by atoms with E-state index in [1.165, 1.54) is 0 Å². The monoisotopic (exact) mass is 347 g/mol. The van der Waals surface area contributed by atoms with E-state index in [-0.39, 0.29) is 30.8 Å². The van der Waals surface area contributed by atoms with Gasteiger partial charge in [-0.2, -0.15) is 0 Å². The van der Waals surface area contributed by atoms with Crippen LogP contribution >= 0.6 is 12.4 Å². The number of likely N-dealkylation sites (N-methyl/N-ethyl adjacent to an activating group) is 1. The number of hydrogen-bond acceptors (Lipinski definition) is 3. The van der Waals surface area contributed by atoms with Crippen molar-refractivity contribution in [3.63, 3.8) is 0 Å². The summed E-state index contributed by atoms with van der Waals surface area (Å²) >= 11 is 0. The molecule has 0 radical (unpaired) electrons. The Morgan fingerprint density at radius 2 is 1.75 bits per heavy atom. The predicted octanol–water partition coefficient (Wildman–Crippen LogP) is 3.14. The fourth-order valence-corrected chi connectivity index (χ4v) is 2.18. The smallest absolute Gasteiger partial charge is 0.255 e. The molecule has 0 saturated carbocycles. The van der Waals surface area contributed by atoms with Crippen molar-refractivity contribution in [1.82, 2.24) is 5.32 Å². The molecule has 0 heterocycles. The minimum atomic E-state index is -0.171. The minimum absolute atomic E-state index is 0. The lowest BCUT2D eigenvalue weighted by molar-refractivity contribution is -0.115. The number of carbonyl (C=O) groups is 2. The molecular weight excluding hydrogens is 326 g/mol. The zero-order valence-corrected chi connectivity index (χ0v) is 14.8. The zero-order valence-electron chi connectivity index (χ0n) is 14.0. The largest absolute Gasteiger partial charge is 0.325 e. The third-order valence-electron chi connectivity index (χ3n) is 3.39. The summed E-state index contributed by atoms with van der Waals surface area (Å²) in [7, 11) is 1.71. The van der Waals surface area contributed by atoms with Gasteiger partial charge >= 0.3 is 0 Å². The predicted molar refractivity (Wildman–Crippen MR) is 100 cm³/mol. The third-order valence-corrected chi connectivity index (χ3v) is 3.39. The molecule has 24 heavy (non-hydrogen) atoms. The van der Waals surface area contributed by atoms with Crippen molar-refractivity contribution in [2.24, 2.45) is 0 Å². The van der Waals surface area contributed by atoms with Gasteiger partial charge in [-0.15, -0.1) is 12.4 Å². The fraction of sp³-hybridized carbons (Fsp3) is 0.222. The van der Waals surface area contributed by atoms with Gasteiger partial charge in [0.15, 0.2) is 0 Å². The van der Waals surface area contributed by atoms with Crippen LogP contribution in [0.1, 0.15) is 21.5 Å². The Labute approximate surface area is 148 Å². The number of hydrogen-bond donors (Lipinski definition) is 3. The highest BCUT2D eigenvalue weighted by Gasteiger charge is 2.09. The number of aryl methyl sites for hydroxylation is 2. The molecule has 0 aromatic heterocycles. The van der Waals surface area contributed by atoms with Gasteiger partial charge in [0.1, 0.15) is 0 Å². The third kappa shape index (κ3) is 5.37. The van der Waals surface area contributed by atoms with Crippen molar-refractivity contribution >= 4 is 35.6 Å². The van der Waals surface area contributed by atoms with Crippen LogP contribution in [0.2, 0.25) is 0 Å². The van der Waals surface area contributed by atoms with Crippen molar-refractivity contribution in [1.29, 1.82) is 0 Å². The Bertz CT molecular complexity index is 732. The molecular formula is C18H22ClN3O2. The van der Waals surface area contributed by atoms with E-state index in [9.17, 15) is 9.59 Å². The van der Waals surface area contributed by atoms with Gasteiger partial charge in [0.2, 0.25) is 5.91 Å². The highest BCUT2D eigenvalue weighted by Crippen LogP contribution is 2.21. The van der Waals surface area contributed by atoms with Crippen molar-refractivity contribution in [2.75, 3.05) is 24.2 Å². The van der Waals surface area contributed by atoms with Crippen LogP contribution in [0.5, 0.6) is 0 Å². The molecule has 0 aliphatic heterocycles. The van der Waals surface area contributed by atoms with Crippen LogP contribution in [0.15, 0.2) is 42.5 Å². The van der Waals surface area contributed by atoms with Crippen LogP contribution in [0, 0.1) is 13.8 Å². The Hall–Kier alpha value is -2.37. The van der Waals surface area contributed by atoms with E-state index in [0.717, 1.165) is 11.1 Å². The first-order valence-corrected chi connectivity index (χ1v) is 7.42. The molecule has 5 nitrogen and oxygen atoms in total. The maximum atomic E-state index is 12.3. The van der Waals surface area contributed by atoms with E-state index < -0.39 is 0 Å². The van der Waals surface area contributed by atoms with Gasteiger partial charge in [-0.1, -0.05) is 23.8 Å².